The average Bonchev–Trinajstić information content (AvgIpc) is 2.95. The molecule has 3 aromatic rings. The van der Waals surface area contributed by atoms with E-state index in [0.717, 1.165) is 5.76 Å². The van der Waals surface area contributed by atoms with Gasteiger partial charge in [0, 0.05) is 17.7 Å². The van der Waals surface area contributed by atoms with Gasteiger partial charge in [-0.25, -0.2) is 9.78 Å². The van der Waals surface area contributed by atoms with Gasteiger partial charge in [-0.05, 0) is 12.1 Å². The van der Waals surface area contributed by atoms with Crippen molar-refractivity contribution >= 4 is 11.2 Å². The molecule has 6 nitrogen and oxygen atoms in total. The highest BCUT2D eigenvalue weighted by Crippen LogP contribution is 2.23. The van der Waals surface area contributed by atoms with Crippen molar-refractivity contribution < 1.29 is 8.94 Å². The molecular formula is C14H15N3O3. The van der Waals surface area contributed by atoms with E-state index >= 15 is 0 Å². The molecule has 0 aliphatic carbocycles. The van der Waals surface area contributed by atoms with Crippen molar-refractivity contribution in [2.45, 2.75) is 32.7 Å². The predicted molar refractivity (Wildman–Crippen MR) is 72.6 cm³/mol. The van der Waals surface area contributed by atoms with Gasteiger partial charge in [-0.3, -0.25) is 4.57 Å². The number of pyridine rings is 1. The number of hydrogen-bond donors (Lipinski definition) is 0. The van der Waals surface area contributed by atoms with Crippen molar-refractivity contribution in [3.05, 3.63) is 46.4 Å². The first-order valence-electron chi connectivity index (χ1n) is 6.35. The van der Waals surface area contributed by atoms with Crippen molar-refractivity contribution in [2.75, 3.05) is 0 Å². The Morgan fingerprint density at radius 2 is 2.15 bits per heavy atom. The third kappa shape index (κ3) is 2.13. The third-order valence-corrected chi connectivity index (χ3v) is 3.04. The van der Waals surface area contributed by atoms with E-state index in [1.807, 2.05) is 26.8 Å². The largest absolute Gasteiger partial charge is 0.421 e. The molecule has 0 saturated carbocycles. The fourth-order valence-corrected chi connectivity index (χ4v) is 1.94. The van der Waals surface area contributed by atoms with E-state index < -0.39 is 5.76 Å². The molecule has 0 fully saturated rings. The smallest absolute Gasteiger partial charge is 0.406 e. The Balaban J connectivity index is 1.99. The number of hydrogen-bond acceptors (Lipinski definition) is 5. The number of rotatable bonds is 2. The van der Waals surface area contributed by atoms with Crippen molar-refractivity contribution in [3.63, 3.8) is 0 Å². The molecule has 0 aromatic carbocycles. The first-order valence-corrected chi connectivity index (χ1v) is 6.35. The lowest BCUT2D eigenvalue weighted by atomic mass is 9.93. The van der Waals surface area contributed by atoms with E-state index in [0.29, 0.717) is 16.9 Å². The molecule has 104 valence electrons. The fraction of sp³-hybridized carbons (Fsp3) is 0.357. The van der Waals surface area contributed by atoms with Gasteiger partial charge in [0.1, 0.15) is 11.5 Å². The first-order chi connectivity index (χ1) is 9.45. The minimum atomic E-state index is -0.445. The van der Waals surface area contributed by atoms with Crippen LogP contribution in [0.15, 0.2) is 38.1 Å². The van der Waals surface area contributed by atoms with Gasteiger partial charge in [0.2, 0.25) is 0 Å². The van der Waals surface area contributed by atoms with Crippen LogP contribution in [0.1, 0.15) is 32.2 Å². The van der Waals surface area contributed by atoms with Gasteiger partial charge in [-0.1, -0.05) is 25.9 Å². The Kier molecular flexibility index (Phi) is 2.74. The van der Waals surface area contributed by atoms with Crippen molar-refractivity contribution in [3.8, 4) is 0 Å². The highest BCUT2D eigenvalue weighted by Gasteiger charge is 2.20. The summed E-state index contributed by atoms with van der Waals surface area (Å²) in [5.41, 5.74) is 1.53. The van der Waals surface area contributed by atoms with E-state index in [4.69, 9.17) is 8.94 Å². The van der Waals surface area contributed by atoms with Crippen LogP contribution in [0.4, 0.5) is 0 Å². The number of oxazole rings is 1. The SMILES string of the molecule is CC(C)(C)c1cc(Cn2c(=O)oc3cccnc32)no1. The summed E-state index contributed by atoms with van der Waals surface area (Å²) in [6.07, 6.45) is 1.62. The maximum Gasteiger partial charge on any atom is 0.421 e. The quantitative estimate of drug-likeness (QED) is 0.716. The van der Waals surface area contributed by atoms with Crippen molar-refractivity contribution in [1.29, 1.82) is 0 Å². The molecule has 0 atom stereocenters. The zero-order chi connectivity index (χ0) is 14.3. The highest BCUT2D eigenvalue weighted by atomic mass is 16.5. The highest BCUT2D eigenvalue weighted by molar-refractivity contribution is 5.67. The maximum atomic E-state index is 11.8. The van der Waals surface area contributed by atoms with Crippen molar-refractivity contribution in [1.82, 2.24) is 14.7 Å². The topological polar surface area (TPSA) is 74.1 Å². The average molecular weight is 273 g/mol. The Labute approximate surface area is 115 Å². The molecule has 6 heteroatoms. The molecule has 3 heterocycles. The standard InChI is InChI=1S/C14H15N3O3/c1-14(2,3)11-7-9(16-20-11)8-17-12-10(19-13(17)18)5-4-6-15-12/h4-7H,8H2,1-3H3. The lowest BCUT2D eigenvalue weighted by Crippen LogP contribution is -2.15. The van der Waals surface area contributed by atoms with Gasteiger partial charge >= 0.3 is 5.76 Å². The molecule has 3 rings (SSSR count). The van der Waals surface area contributed by atoms with E-state index in [-0.39, 0.29) is 12.0 Å². The molecule has 3 aromatic heterocycles. The van der Waals surface area contributed by atoms with E-state index in [2.05, 4.69) is 10.1 Å². The molecule has 20 heavy (non-hydrogen) atoms. The first kappa shape index (κ1) is 12.7. The molecule has 0 amide bonds. The Bertz CT molecular complexity index is 805. The molecule has 0 saturated heterocycles. The van der Waals surface area contributed by atoms with Gasteiger partial charge < -0.3 is 8.94 Å². The second-order valence-corrected chi connectivity index (χ2v) is 5.71. The Hall–Kier alpha value is -2.37. The molecule has 0 N–H and O–H groups in total. The maximum absolute atomic E-state index is 11.8. The summed E-state index contributed by atoms with van der Waals surface area (Å²) in [5.74, 6) is 0.334. The van der Waals surface area contributed by atoms with Crippen LogP contribution in [0.2, 0.25) is 0 Å². The lowest BCUT2D eigenvalue weighted by molar-refractivity contribution is 0.325. The third-order valence-electron chi connectivity index (χ3n) is 3.04. The van der Waals surface area contributed by atoms with Crippen LogP contribution >= 0.6 is 0 Å². The summed E-state index contributed by atoms with van der Waals surface area (Å²) in [7, 11) is 0. The summed E-state index contributed by atoms with van der Waals surface area (Å²) in [6.45, 7) is 6.40. The predicted octanol–water partition coefficient (Wildman–Crippen LogP) is 2.32. The van der Waals surface area contributed by atoms with Crippen LogP contribution in [-0.4, -0.2) is 14.7 Å². The van der Waals surface area contributed by atoms with Crippen LogP contribution in [-0.2, 0) is 12.0 Å². The second-order valence-electron chi connectivity index (χ2n) is 5.71. The van der Waals surface area contributed by atoms with Gasteiger partial charge in [-0.2, -0.15) is 0 Å². The summed E-state index contributed by atoms with van der Waals surface area (Å²) in [5, 5.41) is 4.00. The molecule has 0 aliphatic heterocycles. The molecule has 0 bridgehead atoms. The Morgan fingerprint density at radius 1 is 1.35 bits per heavy atom. The molecular weight excluding hydrogens is 258 g/mol. The van der Waals surface area contributed by atoms with Crippen LogP contribution in [0.25, 0.3) is 11.2 Å². The minimum Gasteiger partial charge on any atom is -0.406 e. The molecule has 0 aliphatic rings. The van der Waals surface area contributed by atoms with Crippen molar-refractivity contribution in [2.24, 2.45) is 0 Å². The van der Waals surface area contributed by atoms with E-state index in [1.165, 1.54) is 4.57 Å². The zero-order valence-electron chi connectivity index (χ0n) is 11.6. The van der Waals surface area contributed by atoms with E-state index in [9.17, 15) is 4.79 Å². The minimum absolute atomic E-state index is 0.118. The summed E-state index contributed by atoms with van der Waals surface area (Å²) < 4.78 is 11.9. The van der Waals surface area contributed by atoms with Gasteiger partial charge in [0.05, 0.1) is 6.54 Å². The molecule has 0 unspecified atom stereocenters. The van der Waals surface area contributed by atoms with Crippen LogP contribution in [0.3, 0.4) is 0 Å². The van der Waals surface area contributed by atoms with Gasteiger partial charge in [0.25, 0.3) is 0 Å². The molecule has 0 spiro atoms. The van der Waals surface area contributed by atoms with E-state index in [1.54, 1.807) is 18.3 Å². The van der Waals surface area contributed by atoms with Gasteiger partial charge in [-0.15, -0.1) is 0 Å². The monoisotopic (exact) mass is 273 g/mol. The number of fused-ring (bicyclic) bond motifs is 1. The summed E-state index contributed by atoms with van der Waals surface area (Å²) in [6, 6.07) is 5.29. The van der Waals surface area contributed by atoms with Crippen LogP contribution in [0, 0.1) is 0 Å². The summed E-state index contributed by atoms with van der Waals surface area (Å²) in [4.78, 5) is 16.0. The van der Waals surface area contributed by atoms with Gasteiger partial charge in [0.15, 0.2) is 11.2 Å². The summed E-state index contributed by atoms with van der Waals surface area (Å²) >= 11 is 0. The number of nitrogens with zero attached hydrogens (tertiary/aromatic N) is 3. The fourth-order valence-electron chi connectivity index (χ4n) is 1.94. The lowest BCUT2D eigenvalue weighted by Gasteiger charge is -2.12. The second kappa shape index (κ2) is 4.33. The Morgan fingerprint density at radius 3 is 2.85 bits per heavy atom. The molecule has 0 radical (unpaired) electrons. The van der Waals surface area contributed by atoms with Crippen LogP contribution in [0.5, 0.6) is 0 Å². The zero-order valence-corrected chi connectivity index (χ0v) is 11.6. The number of aromatic nitrogens is 3. The normalized spacial score (nSPS) is 12.2. The van der Waals surface area contributed by atoms with Crippen LogP contribution < -0.4 is 5.76 Å².